The number of para-hydroxylation sites is 1. The van der Waals surface area contributed by atoms with Gasteiger partial charge in [0.1, 0.15) is 5.71 Å². The summed E-state index contributed by atoms with van der Waals surface area (Å²) in [6.07, 6.45) is 3.82. The van der Waals surface area contributed by atoms with Gasteiger partial charge in [-0.1, -0.05) is 30.3 Å². The Morgan fingerprint density at radius 1 is 0.962 bits per heavy atom. The zero-order chi connectivity index (χ0) is 18.1. The Kier molecular flexibility index (Phi) is 3.89. The minimum absolute atomic E-state index is 0.149. The van der Waals surface area contributed by atoms with Gasteiger partial charge in [0.25, 0.3) is 5.91 Å². The number of aryl methyl sites for hydroxylation is 1. The molecule has 0 aliphatic carbocycles. The van der Waals surface area contributed by atoms with Crippen LogP contribution < -0.4 is 10.7 Å². The van der Waals surface area contributed by atoms with Crippen molar-refractivity contribution in [1.82, 2.24) is 4.57 Å². The zero-order valence-corrected chi connectivity index (χ0v) is 14.3. The maximum Gasteiger partial charge on any atom is 0.281 e. The number of nitrogen functional groups attached to an aromatic ring is 1. The molecular weight excluding hydrogens is 324 g/mol. The molecule has 128 valence electrons. The van der Waals surface area contributed by atoms with Gasteiger partial charge in [0, 0.05) is 30.2 Å². The second-order valence-electron chi connectivity index (χ2n) is 6.13. The molecule has 0 radical (unpaired) electrons. The van der Waals surface area contributed by atoms with Crippen LogP contribution in [0.15, 0.2) is 83.6 Å². The van der Waals surface area contributed by atoms with Crippen molar-refractivity contribution in [3.05, 3.63) is 89.8 Å². The van der Waals surface area contributed by atoms with Crippen LogP contribution in [0.25, 0.3) is 6.08 Å². The highest BCUT2D eigenvalue weighted by Gasteiger charge is 2.32. The van der Waals surface area contributed by atoms with Crippen LogP contribution in [0.4, 0.5) is 11.4 Å². The van der Waals surface area contributed by atoms with Crippen molar-refractivity contribution in [3.63, 3.8) is 0 Å². The number of nitrogens with two attached hydrogens (primary N) is 1. The fourth-order valence-electron chi connectivity index (χ4n) is 2.92. The number of hydrogen-bond donors (Lipinski definition) is 1. The van der Waals surface area contributed by atoms with Gasteiger partial charge in [0.15, 0.2) is 0 Å². The number of hydrazone groups is 1. The molecule has 2 aromatic carbocycles. The fraction of sp³-hybridized carbons (Fsp3) is 0.0476. The number of nitrogens with zero attached hydrogens (tertiary/aromatic N) is 3. The molecule has 2 heterocycles. The summed E-state index contributed by atoms with van der Waals surface area (Å²) in [6.45, 7) is 0. The topological polar surface area (TPSA) is 63.6 Å². The number of amides is 1. The molecule has 2 N–H and O–H groups in total. The van der Waals surface area contributed by atoms with E-state index in [4.69, 9.17) is 5.73 Å². The van der Waals surface area contributed by atoms with E-state index in [0.29, 0.717) is 17.0 Å². The van der Waals surface area contributed by atoms with E-state index in [9.17, 15) is 4.79 Å². The largest absolute Gasteiger partial charge is 0.399 e. The van der Waals surface area contributed by atoms with Crippen LogP contribution >= 0.6 is 0 Å². The summed E-state index contributed by atoms with van der Waals surface area (Å²) >= 11 is 0. The van der Waals surface area contributed by atoms with Crippen molar-refractivity contribution >= 4 is 29.1 Å². The summed E-state index contributed by atoms with van der Waals surface area (Å²) in [5.41, 5.74) is 10.2. The van der Waals surface area contributed by atoms with Gasteiger partial charge in [-0.2, -0.15) is 10.1 Å². The molecule has 1 aliphatic heterocycles. The summed E-state index contributed by atoms with van der Waals surface area (Å²) in [7, 11) is 1.95. The highest BCUT2D eigenvalue weighted by Crippen LogP contribution is 2.28. The first kappa shape index (κ1) is 15.9. The average Bonchev–Trinajstić information content (AvgIpc) is 3.21. The predicted molar refractivity (Wildman–Crippen MR) is 105 cm³/mol. The lowest BCUT2D eigenvalue weighted by Gasteiger charge is -2.10. The summed E-state index contributed by atoms with van der Waals surface area (Å²) in [5, 5.41) is 6.06. The maximum absolute atomic E-state index is 13.1. The van der Waals surface area contributed by atoms with Crippen LogP contribution in [-0.2, 0) is 11.8 Å². The van der Waals surface area contributed by atoms with Gasteiger partial charge in [0.2, 0.25) is 0 Å². The molecule has 0 spiro atoms. The van der Waals surface area contributed by atoms with Crippen molar-refractivity contribution < 1.29 is 4.79 Å². The first-order valence-electron chi connectivity index (χ1n) is 8.31. The summed E-state index contributed by atoms with van der Waals surface area (Å²) in [6, 6.07) is 20.7. The first-order chi connectivity index (χ1) is 12.6. The molecular formula is C21H18N4O. The molecule has 0 fully saturated rings. The number of rotatable bonds is 3. The Morgan fingerprint density at radius 2 is 1.69 bits per heavy atom. The lowest BCUT2D eigenvalue weighted by atomic mass is 10.0. The second kappa shape index (κ2) is 6.37. The molecule has 0 saturated carbocycles. The summed E-state index contributed by atoms with van der Waals surface area (Å²) in [5.74, 6) is -0.149. The van der Waals surface area contributed by atoms with E-state index in [1.165, 1.54) is 5.01 Å². The van der Waals surface area contributed by atoms with E-state index in [0.717, 1.165) is 16.9 Å². The Hall–Kier alpha value is -3.60. The molecule has 3 aromatic rings. The lowest BCUT2D eigenvalue weighted by Crippen LogP contribution is -2.21. The Balaban J connectivity index is 1.84. The first-order valence-corrected chi connectivity index (χ1v) is 8.31. The number of carbonyl (C=O) groups excluding carboxylic acids is 1. The molecule has 1 aliphatic rings. The monoisotopic (exact) mass is 342 g/mol. The number of benzene rings is 2. The van der Waals surface area contributed by atoms with E-state index >= 15 is 0 Å². The SMILES string of the molecule is Cn1cccc1/C=C1/C(=O)N(c2ccccc2)N=C1c1ccc(N)cc1. The van der Waals surface area contributed by atoms with Crippen LogP contribution in [0.1, 0.15) is 11.3 Å². The van der Waals surface area contributed by atoms with E-state index in [2.05, 4.69) is 5.10 Å². The second-order valence-corrected chi connectivity index (χ2v) is 6.13. The fourth-order valence-corrected chi connectivity index (χ4v) is 2.92. The molecule has 4 rings (SSSR count). The summed E-state index contributed by atoms with van der Waals surface area (Å²) < 4.78 is 1.96. The van der Waals surface area contributed by atoms with Gasteiger partial charge in [0.05, 0.1) is 11.3 Å². The van der Waals surface area contributed by atoms with Crippen LogP contribution in [0.2, 0.25) is 0 Å². The normalized spacial score (nSPS) is 15.6. The highest BCUT2D eigenvalue weighted by atomic mass is 16.2. The van der Waals surface area contributed by atoms with Crippen LogP contribution in [0.5, 0.6) is 0 Å². The summed E-state index contributed by atoms with van der Waals surface area (Å²) in [4.78, 5) is 13.1. The number of hydrogen-bond acceptors (Lipinski definition) is 3. The van der Waals surface area contributed by atoms with Gasteiger partial charge in [-0.25, -0.2) is 0 Å². The van der Waals surface area contributed by atoms with Crippen molar-refractivity contribution in [2.75, 3.05) is 10.7 Å². The van der Waals surface area contributed by atoms with Crippen LogP contribution in [0.3, 0.4) is 0 Å². The van der Waals surface area contributed by atoms with Crippen molar-refractivity contribution in [2.24, 2.45) is 12.1 Å². The number of aromatic nitrogens is 1. The van der Waals surface area contributed by atoms with E-state index in [1.54, 1.807) is 0 Å². The molecule has 1 aromatic heterocycles. The van der Waals surface area contributed by atoms with Gasteiger partial charge in [-0.15, -0.1) is 0 Å². The minimum atomic E-state index is -0.149. The predicted octanol–water partition coefficient (Wildman–Crippen LogP) is 3.44. The molecule has 26 heavy (non-hydrogen) atoms. The third kappa shape index (κ3) is 2.80. The molecule has 5 nitrogen and oxygen atoms in total. The molecule has 0 unspecified atom stereocenters. The van der Waals surface area contributed by atoms with E-state index < -0.39 is 0 Å². The van der Waals surface area contributed by atoms with Gasteiger partial charge in [-0.05, 0) is 42.5 Å². The molecule has 1 amide bonds. The standard InChI is InChI=1S/C21H18N4O/c1-24-13-5-8-18(24)14-19-20(15-9-11-16(22)12-10-15)23-25(21(19)26)17-6-3-2-4-7-17/h2-14H,22H2,1H3/b19-14+. The highest BCUT2D eigenvalue weighted by molar-refractivity contribution is 6.37. The Morgan fingerprint density at radius 3 is 2.35 bits per heavy atom. The maximum atomic E-state index is 13.1. The zero-order valence-electron chi connectivity index (χ0n) is 14.3. The molecule has 5 heteroatoms. The minimum Gasteiger partial charge on any atom is -0.399 e. The quantitative estimate of drug-likeness (QED) is 0.585. The van der Waals surface area contributed by atoms with Crippen LogP contribution in [0, 0.1) is 0 Å². The molecule has 0 bridgehead atoms. The Labute approximate surface area is 151 Å². The van der Waals surface area contributed by atoms with Gasteiger partial charge >= 0.3 is 0 Å². The van der Waals surface area contributed by atoms with Gasteiger partial charge in [-0.3, -0.25) is 4.79 Å². The third-order valence-corrected chi connectivity index (χ3v) is 4.34. The third-order valence-electron chi connectivity index (χ3n) is 4.34. The Bertz CT molecular complexity index is 1010. The number of carbonyl (C=O) groups is 1. The van der Waals surface area contributed by atoms with Crippen LogP contribution in [-0.4, -0.2) is 16.2 Å². The van der Waals surface area contributed by atoms with E-state index in [1.807, 2.05) is 90.6 Å². The average molecular weight is 342 g/mol. The van der Waals surface area contributed by atoms with Gasteiger partial charge < -0.3 is 10.3 Å². The van der Waals surface area contributed by atoms with Crippen molar-refractivity contribution in [3.8, 4) is 0 Å². The number of anilines is 2. The molecule has 0 saturated heterocycles. The van der Waals surface area contributed by atoms with Crippen molar-refractivity contribution in [1.29, 1.82) is 0 Å². The van der Waals surface area contributed by atoms with Crippen molar-refractivity contribution in [2.45, 2.75) is 0 Å². The lowest BCUT2D eigenvalue weighted by molar-refractivity contribution is -0.114. The molecule has 0 atom stereocenters. The smallest absolute Gasteiger partial charge is 0.281 e. The van der Waals surface area contributed by atoms with E-state index in [-0.39, 0.29) is 5.91 Å².